The zero-order chi connectivity index (χ0) is 8.97. The summed E-state index contributed by atoms with van der Waals surface area (Å²) in [6.45, 7) is 0. The van der Waals surface area contributed by atoms with Crippen LogP contribution in [0.15, 0.2) is 0 Å². The van der Waals surface area contributed by atoms with Crippen LogP contribution in [0, 0.1) is 0 Å². The van der Waals surface area contributed by atoms with Crippen LogP contribution in [0.2, 0.25) is 0 Å². The Balaban J connectivity index is 2.30. The average molecular weight is 169 g/mol. The van der Waals surface area contributed by atoms with Gasteiger partial charge in [0.15, 0.2) is 0 Å². The van der Waals surface area contributed by atoms with Crippen LogP contribution in [0.25, 0.3) is 0 Å². The molecule has 0 aromatic heterocycles. The first-order chi connectivity index (χ1) is 5.75. The number of hydroxylamine groups is 2. The number of carbonyl (C=O) groups excluding carboxylic acids is 2. The molecule has 1 heterocycles. The number of hydrogen-bond acceptors (Lipinski definition) is 5. The Morgan fingerprint density at radius 1 is 1.33 bits per heavy atom. The van der Waals surface area contributed by atoms with Gasteiger partial charge in [0.25, 0.3) is 11.8 Å². The Kier molecular flexibility index (Phi) is 3.27. The fourth-order valence-corrected chi connectivity index (χ4v) is 0.766. The molecule has 1 aliphatic heterocycles. The van der Waals surface area contributed by atoms with Crippen LogP contribution < -0.4 is 0 Å². The molecule has 1 rings (SSSR count). The third-order valence-electron chi connectivity index (χ3n) is 1.27. The van der Waals surface area contributed by atoms with Gasteiger partial charge < -0.3 is 9.60 Å². The summed E-state index contributed by atoms with van der Waals surface area (Å²) in [6.07, 6.45) is 0.297. The summed E-state index contributed by atoms with van der Waals surface area (Å²) in [7, 11) is 1.05. The predicted octanol–water partition coefficient (Wildman–Crippen LogP) is -1.86. The molecule has 0 unspecified atom stereocenters. The van der Waals surface area contributed by atoms with Gasteiger partial charge in [-0.25, -0.2) is 0 Å². The molecule has 0 spiro atoms. The number of amides is 2. The fourth-order valence-electron chi connectivity index (χ4n) is 0.766. The van der Waals surface area contributed by atoms with E-state index < -0.39 is 11.8 Å². The molecule has 1 saturated heterocycles. The molecule has 0 aliphatic carbocycles. The normalized spacial score (nSPS) is 16.9. The molecule has 12 heavy (non-hydrogen) atoms. The van der Waals surface area contributed by atoms with Gasteiger partial charge in [0, 0.05) is 12.8 Å². The molecule has 0 saturated carbocycles. The lowest BCUT2D eigenvalue weighted by Crippen LogP contribution is -2.31. The number of carbonyl (C=O) groups is 2. The summed E-state index contributed by atoms with van der Waals surface area (Å²) < 4.78 is 8.59. The van der Waals surface area contributed by atoms with Crippen molar-refractivity contribution in [3.8, 4) is 0 Å². The standard InChI is InChI=1S/C4H5B2NO5/c8-3-1-2-4(9)7(3)12-6-11-5-10/h10H,1-2H2. The van der Waals surface area contributed by atoms with Crippen LogP contribution in [0.5, 0.6) is 0 Å². The van der Waals surface area contributed by atoms with E-state index in [4.69, 9.17) is 5.02 Å². The molecule has 2 radical (unpaired) electrons. The van der Waals surface area contributed by atoms with E-state index in [0.717, 1.165) is 0 Å². The highest BCUT2D eigenvalue weighted by Crippen LogP contribution is 2.10. The quantitative estimate of drug-likeness (QED) is 0.303. The zero-order valence-electron chi connectivity index (χ0n) is 6.10. The van der Waals surface area contributed by atoms with Crippen LogP contribution in [0.1, 0.15) is 12.8 Å². The molecule has 62 valence electrons. The number of hydrogen-bond donors (Lipinski definition) is 1. The Hall–Kier alpha value is -0.850. The largest absolute Gasteiger partial charge is 0.500 e. The van der Waals surface area contributed by atoms with Crippen molar-refractivity contribution >= 4 is 27.2 Å². The van der Waals surface area contributed by atoms with E-state index in [1.54, 1.807) is 0 Å². The zero-order valence-corrected chi connectivity index (χ0v) is 6.10. The van der Waals surface area contributed by atoms with Crippen molar-refractivity contribution in [1.29, 1.82) is 0 Å². The molecular weight excluding hydrogens is 164 g/mol. The van der Waals surface area contributed by atoms with Gasteiger partial charge in [-0.05, 0) is 0 Å². The van der Waals surface area contributed by atoms with Crippen molar-refractivity contribution in [3.05, 3.63) is 0 Å². The lowest BCUT2D eigenvalue weighted by atomic mass is 10.3. The van der Waals surface area contributed by atoms with Gasteiger partial charge in [0.2, 0.25) is 0 Å². The van der Waals surface area contributed by atoms with Gasteiger partial charge in [-0.1, -0.05) is 0 Å². The third kappa shape index (κ3) is 2.07. The van der Waals surface area contributed by atoms with Crippen LogP contribution in [0.4, 0.5) is 0 Å². The van der Waals surface area contributed by atoms with Crippen molar-refractivity contribution in [2.75, 3.05) is 0 Å². The van der Waals surface area contributed by atoms with E-state index in [9.17, 15) is 9.59 Å². The topological polar surface area (TPSA) is 76.1 Å². The second-order valence-corrected chi connectivity index (χ2v) is 2.02. The van der Waals surface area contributed by atoms with Gasteiger partial charge in [0.1, 0.15) is 0 Å². The van der Waals surface area contributed by atoms with Crippen molar-refractivity contribution < 1.29 is 23.9 Å². The highest BCUT2D eigenvalue weighted by atomic mass is 16.7. The van der Waals surface area contributed by atoms with E-state index in [2.05, 4.69) is 9.33 Å². The molecule has 1 aliphatic rings. The maximum Gasteiger partial charge on any atom is 0.500 e. The van der Waals surface area contributed by atoms with Crippen LogP contribution >= 0.6 is 0 Å². The van der Waals surface area contributed by atoms with E-state index in [-0.39, 0.29) is 12.8 Å². The molecule has 1 N–H and O–H groups in total. The lowest BCUT2D eigenvalue weighted by Gasteiger charge is -2.11. The van der Waals surface area contributed by atoms with E-state index in [1.807, 2.05) is 0 Å². The molecule has 2 amide bonds. The Labute approximate surface area is 70.0 Å². The lowest BCUT2D eigenvalue weighted by molar-refractivity contribution is -0.166. The van der Waals surface area contributed by atoms with Crippen molar-refractivity contribution in [3.63, 3.8) is 0 Å². The number of imide groups is 1. The minimum Gasteiger partial charge on any atom is -0.454 e. The molecule has 0 aromatic carbocycles. The highest BCUT2D eigenvalue weighted by Gasteiger charge is 2.30. The Morgan fingerprint density at radius 2 is 1.92 bits per heavy atom. The maximum atomic E-state index is 10.8. The third-order valence-corrected chi connectivity index (χ3v) is 1.27. The highest BCUT2D eigenvalue weighted by molar-refractivity contribution is 6.33. The van der Waals surface area contributed by atoms with Crippen LogP contribution in [-0.2, 0) is 18.9 Å². The Bertz CT molecular complexity index is 182. The SMILES string of the molecule is O=C1CCC(=O)N1O[B]O[B]O. The minimum atomic E-state index is -0.419. The smallest absolute Gasteiger partial charge is 0.454 e. The monoisotopic (exact) mass is 169 g/mol. The van der Waals surface area contributed by atoms with E-state index >= 15 is 0 Å². The second kappa shape index (κ2) is 4.24. The average Bonchev–Trinajstić information content (AvgIpc) is 2.35. The van der Waals surface area contributed by atoms with Crippen molar-refractivity contribution in [2.24, 2.45) is 0 Å². The maximum absolute atomic E-state index is 10.8. The molecule has 0 bridgehead atoms. The first-order valence-corrected chi connectivity index (χ1v) is 3.21. The molecule has 6 nitrogen and oxygen atoms in total. The molecule has 1 fully saturated rings. The van der Waals surface area contributed by atoms with E-state index in [0.29, 0.717) is 20.4 Å². The summed E-state index contributed by atoms with van der Waals surface area (Å²) in [5, 5.41) is 8.61. The minimum absolute atomic E-state index is 0.148. The van der Waals surface area contributed by atoms with Crippen molar-refractivity contribution in [1.82, 2.24) is 5.06 Å². The van der Waals surface area contributed by atoms with Crippen LogP contribution in [-0.4, -0.2) is 37.3 Å². The first-order valence-electron chi connectivity index (χ1n) is 3.21. The number of rotatable bonds is 4. The first kappa shape index (κ1) is 9.24. The molecule has 8 heteroatoms. The fraction of sp³-hybridized carbons (Fsp3) is 0.500. The van der Waals surface area contributed by atoms with E-state index in [1.165, 1.54) is 0 Å². The summed E-state index contributed by atoms with van der Waals surface area (Å²) in [5.74, 6) is -0.837. The van der Waals surface area contributed by atoms with Crippen LogP contribution in [0.3, 0.4) is 0 Å². The predicted molar refractivity (Wildman–Crippen MR) is 37.0 cm³/mol. The summed E-state index contributed by atoms with van der Waals surface area (Å²) in [5.41, 5.74) is 0. The molecule has 0 atom stereocenters. The Morgan fingerprint density at radius 3 is 2.42 bits per heavy atom. The summed E-state index contributed by atoms with van der Waals surface area (Å²) in [4.78, 5) is 21.6. The van der Waals surface area contributed by atoms with Gasteiger partial charge in [-0.3, -0.25) is 14.3 Å². The van der Waals surface area contributed by atoms with Gasteiger partial charge in [0.05, 0.1) is 0 Å². The van der Waals surface area contributed by atoms with Gasteiger partial charge >= 0.3 is 15.4 Å². The summed E-state index contributed by atoms with van der Waals surface area (Å²) in [6, 6.07) is 0. The van der Waals surface area contributed by atoms with Gasteiger partial charge in [-0.2, -0.15) is 5.06 Å². The number of nitrogens with zero attached hydrogens (tertiary/aromatic N) is 1. The molecular formula is C4H5B2NO5. The summed E-state index contributed by atoms with van der Waals surface area (Å²) >= 11 is 0. The van der Waals surface area contributed by atoms with Gasteiger partial charge in [-0.15, -0.1) is 0 Å². The second-order valence-electron chi connectivity index (χ2n) is 2.02. The van der Waals surface area contributed by atoms with Crippen molar-refractivity contribution in [2.45, 2.75) is 12.8 Å². The molecule has 0 aromatic rings.